The first-order valence-electron chi connectivity index (χ1n) is 9.15. The fourth-order valence-electron chi connectivity index (χ4n) is 3.46. The molecule has 1 heterocycles. The first-order valence-corrected chi connectivity index (χ1v) is 9.15. The molecular formula is C20H32N2O. The predicted molar refractivity (Wildman–Crippen MR) is 96.2 cm³/mol. The summed E-state index contributed by atoms with van der Waals surface area (Å²) in [6.45, 7) is 4.97. The third-order valence-corrected chi connectivity index (χ3v) is 5.12. The van der Waals surface area contributed by atoms with Crippen LogP contribution in [0.15, 0.2) is 30.3 Å². The van der Waals surface area contributed by atoms with Gasteiger partial charge < -0.3 is 10.6 Å². The van der Waals surface area contributed by atoms with Crippen LogP contribution >= 0.6 is 0 Å². The minimum atomic E-state index is 0.283. The van der Waals surface area contributed by atoms with Gasteiger partial charge in [-0.05, 0) is 49.6 Å². The zero-order valence-electron chi connectivity index (χ0n) is 14.6. The van der Waals surface area contributed by atoms with E-state index in [2.05, 4.69) is 42.2 Å². The Hall–Kier alpha value is -1.35. The maximum absolute atomic E-state index is 12.3. The summed E-state index contributed by atoms with van der Waals surface area (Å²) in [6.07, 6.45) is 8.49. The quantitative estimate of drug-likeness (QED) is 0.705. The molecule has 128 valence electrons. The number of hydrogen-bond acceptors (Lipinski definition) is 2. The maximum atomic E-state index is 12.3. The molecule has 0 radical (unpaired) electrons. The van der Waals surface area contributed by atoms with E-state index < -0.39 is 0 Å². The second-order valence-electron chi connectivity index (χ2n) is 7.31. The Kier molecular flexibility index (Phi) is 7.10. The lowest BCUT2D eigenvalue weighted by Gasteiger charge is -2.24. The van der Waals surface area contributed by atoms with Crippen molar-refractivity contribution in [3.8, 4) is 0 Å². The number of unbranched alkanes of at least 4 members (excludes halogenated alkanes) is 3. The smallest absolute Gasteiger partial charge is 0.222 e. The topological polar surface area (TPSA) is 46.3 Å². The average Bonchev–Trinajstić information content (AvgIpc) is 2.97. The Morgan fingerprint density at radius 2 is 1.91 bits per heavy atom. The molecule has 0 spiro atoms. The summed E-state index contributed by atoms with van der Waals surface area (Å²) in [7, 11) is 0. The predicted octanol–water partition coefficient (Wildman–Crippen LogP) is 3.77. The molecule has 1 aromatic rings. The Bertz CT molecular complexity index is 474. The number of rotatable bonds is 9. The van der Waals surface area contributed by atoms with Crippen molar-refractivity contribution in [3.05, 3.63) is 35.9 Å². The van der Waals surface area contributed by atoms with Crippen LogP contribution in [-0.2, 0) is 11.2 Å². The summed E-state index contributed by atoms with van der Waals surface area (Å²) in [5, 5.41) is 0. The molecule has 0 bridgehead atoms. The summed E-state index contributed by atoms with van der Waals surface area (Å²) >= 11 is 0. The number of carbonyl (C=O) groups excluding carboxylic acids is 1. The molecule has 2 rings (SSSR count). The van der Waals surface area contributed by atoms with Gasteiger partial charge in [0, 0.05) is 19.5 Å². The average molecular weight is 316 g/mol. The van der Waals surface area contributed by atoms with Crippen LogP contribution in [0.4, 0.5) is 0 Å². The lowest BCUT2D eigenvalue weighted by Crippen LogP contribution is -2.31. The molecule has 0 saturated carbocycles. The number of benzene rings is 1. The van der Waals surface area contributed by atoms with E-state index in [9.17, 15) is 4.79 Å². The second kappa shape index (κ2) is 9.07. The molecule has 2 N–H and O–H groups in total. The summed E-state index contributed by atoms with van der Waals surface area (Å²) in [6, 6.07) is 10.7. The van der Waals surface area contributed by atoms with Gasteiger partial charge >= 0.3 is 0 Å². The van der Waals surface area contributed by atoms with Crippen LogP contribution in [0.1, 0.15) is 57.4 Å². The Balaban J connectivity index is 1.70. The van der Waals surface area contributed by atoms with Crippen molar-refractivity contribution in [1.82, 2.24) is 4.90 Å². The number of likely N-dealkylation sites (tertiary alicyclic amines) is 1. The van der Waals surface area contributed by atoms with Crippen molar-refractivity contribution in [2.75, 3.05) is 19.6 Å². The van der Waals surface area contributed by atoms with Gasteiger partial charge in [0.1, 0.15) is 0 Å². The van der Waals surface area contributed by atoms with E-state index in [1.807, 2.05) is 0 Å². The van der Waals surface area contributed by atoms with Crippen molar-refractivity contribution in [2.24, 2.45) is 11.1 Å². The molecule has 1 aromatic carbocycles. The van der Waals surface area contributed by atoms with Gasteiger partial charge in [0.2, 0.25) is 5.91 Å². The fourth-order valence-corrected chi connectivity index (χ4v) is 3.46. The largest absolute Gasteiger partial charge is 0.342 e. The van der Waals surface area contributed by atoms with E-state index in [-0.39, 0.29) is 5.41 Å². The summed E-state index contributed by atoms with van der Waals surface area (Å²) in [4.78, 5) is 14.4. The number of nitrogens with two attached hydrogens (primary N) is 1. The van der Waals surface area contributed by atoms with E-state index in [1.165, 1.54) is 5.56 Å². The summed E-state index contributed by atoms with van der Waals surface area (Å²) in [5.74, 6) is 0.348. The van der Waals surface area contributed by atoms with Crippen LogP contribution in [-0.4, -0.2) is 30.4 Å². The van der Waals surface area contributed by atoms with Crippen molar-refractivity contribution in [3.63, 3.8) is 0 Å². The van der Waals surface area contributed by atoms with Gasteiger partial charge in [0.05, 0.1) is 0 Å². The molecular weight excluding hydrogens is 284 g/mol. The molecule has 1 unspecified atom stereocenters. The van der Waals surface area contributed by atoms with E-state index in [1.54, 1.807) is 0 Å². The molecule has 0 aliphatic carbocycles. The molecule has 0 aromatic heterocycles. The van der Waals surface area contributed by atoms with Gasteiger partial charge in [-0.15, -0.1) is 0 Å². The molecule has 1 saturated heterocycles. The lowest BCUT2D eigenvalue weighted by molar-refractivity contribution is -0.130. The highest BCUT2D eigenvalue weighted by molar-refractivity contribution is 5.76. The summed E-state index contributed by atoms with van der Waals surface area (Å²) in [5.41, 5.74) is 7.18. The molecule has 1 amide bonds. The molecule has 1 aliphatic heterocycles. The van der Waals surface area contributed by atoms with Crippen LogP contribution in [0, 0.1) is 5.41 Å². The molecule has 1 atom stereocenters. The van der Waals surface area contributed by atoms with Gasteiger partial charge in [-0.2, -0.15) is 0 Å². The van der Waals surface area contributed by atoms with Crippen LogP contribution in [0.3, 0.4) is 0 Å². The highest BCUT2D eigenvalue weighted by atomic mass is 16.2. The maximum Gasteiger partial charge on any atom is 0.222 e. The normalized spacial score (nSPS) is 20.9. The Morgan fingerprint density at radius 3 is 2.65 bits per heavy atom. The highest BCUT2D eigenvalue weighted by Crippen LogP contribution is 2.35. The Labute approximate surface area is 141 Å². The van der Waals surface area contributed by atoms with E-state index >= 15 is 0 Å². The van der Waals surface area contributed by atoms with Crippen molar-refractivity contribution < 1.29 is 4.79 Å². The van der Waals surface area contributed by atoms with Crippen LogP contribution < -0.4 is 5.73 Å². The van der Waals surface area contributed by atoms with Gasteiger partial charge in [0.15, 0.2) is 0 Å². The molecule has 1 aliphatic rings. The molecule has 3 heteroatoms. The van der Waals surface area contributed by atoms with Crippen molar-refractivity contribution in [2.45, 2.75) is 58.3 Å². The Morgan fingerprint density at radius 1 is 1.17 bits per heavy atom. The lowest BCUT2D eigenvalue weighted by atomic mass is 9.83. The van der Waals surface area contributed by atoms with Gasteiger partial charge in [-0.1, -0.05) is 50.1 Å². The minimum Gasteiger partial charge on any atom is -0.342 e. The summed E-state index contributed by atoms with van der Waals surface area (Å²) < 4.78 is 0. The van der Waals surface area contributed by atoms with E-state index in [0.717, 1.165) is 64.6 Å². The third kappa shape index (κ3) is 5.98. The van der Waals surface area contributed by atoms with Gasteiger partial charge in [0.25, 0.3) is 0 Å². The van der Waals surface area contributed by atoms with Crippen LogP contribution in [0.5, 0.6) is 0 Å². The second-order valence-corrected chi connectivity index (χ2v) is 7.31. The number of hydrogen-bond donors (Lipinski definition) is 1. The van der Waals surface area contributed by atoms with Crippen molar-refractivity contribution in [1.29, 1.82) is 0 Å². The molecule has 23 heavy (non-hydrogen) atoms. The minimum absolute atomic E-state index is 0.283. The monoisotopic (exact) mass is 316 g/mol. The van der Waals surface area contributed by atoms with Gasteiger partial charge in [-0.25, -0.2) is 0 Å². The molecule has 3 nitrogen and oxygen atoms in total. The number of nitrogens with zero attached hydrogens (tertiary/aromatic N) is 1. The number of aryl methyl sites for hydroxylation is 1. The molecule has 1 fully saturated rings. The standard InChI is InChI=1S/C20H32N2O/c1-20(13-12-18-9-5-4-6-10-18)14-16-22(17-20)19(23)11-7-2-3-8-15-21/h4-6,9-10H,2-3,7-8,11-17,21H2,1H3. The van der Waals surface area contributed by atoms with E-state index in [4.69, 9.17) is 5.73 Å². The number of amides is 1. The van der Waals surface area contributed by atoms with E-state index in [0.29, 0.717) is 12.3 Å². The fraction of sp³-hybridized carbons (Fsp3) is 0.650. The highest BCUT2D eigenvalue weighted by Gasteiger charge is 2.35. The number of carbonyl (C=O) groups is 1. The SMILES string of the molecule is CC1(CCc2ccccc2)CCN(C(=O)CCCCCCN)C1. The van der Waals surface area contributed by atoms with Gasteiger partial charge in [-0.3, -0.25) is 4.79 Å². The van der Waals surface area contributed by atoms with Crippen molar-refractivity contribution >= 4 is 5.91 Å². The first kappa shape index (κ1) is 18.0. The zero-order chi connectivity index (χ0) is 16.5. The van der Waals surface area contributed by atoms with Crippen LogP contribution in [0.25, 0.3) is 0 Å². The third-order valence-electron chi connectivity index (χ3n) is 5.12. The first-order chi connectivity index (χ1) is 11.1. The zero-order valence-corrected chi connectivity index (χ0v) is 14.6. The van der Waals surface area contributed by atoms with Crippen LogP contribution in [0.2, 0.25) is 0 Å².